The van der Waals surface area contributed by atoms with Crippen LogP contribution in [-0.4, -0.2) is 25.2 Å². The van der Waals surface area contributed by atoms with Crippen LogP contribution >= 0.6 is 0 Å². The molecule has 0 saturated heterocycles. The van der Waals surface area contributed by atoms with E-state index in [0.29, 0.717) is 25.0 Å². The zero-order valence-electron chi connectivity index (χ0n) is 23.2. The Labute approximate surface area is 237 Å². The SMILES string of the molecule is CCOC(=O)C1CC1c1ccc(-c2ccccc2)cc1.CCOC(=O)C1CC1c1ccc(-c2ccccc2)cc1. The highest BCUT2D eigenvalue weighted by Crippen LogP contribution is 2.49. The third-order valence-electron chi connectivity index (χ3n) is 7.65. The van der Waals surface area contributed by atoms with Gasteiger partial charge in [-0.05, 0) is 71.9 Å². The van der Waals surface area contributed by atoms with Gasteiger partial charge in [-0.25, -0.2) is 0 Å². The third kappa shape index (κ3) is 6.69. The molecule has 0 spiro atoms. The number of ether oxygens (including phenoxy) is 2. The zero-order valence-corrected chi connectivity index (χ0v) is 23.2. The third-order valence-corrected chi connectivity index (χ3v) is 7.65. The van der Waals surface area contributed by atoms with Crippen LogP contribution in [0, 0.1) is 11.8 Å². The van der Waals surface area contributed by atoms with Gasteiger partial charge < -0.3 is 9.47 Å². The molecule has 0 radical (unpaired) electrons. The van der Waals surface area contributed by atoms with Gasteiger partial charge in [0.25, 0.3) is 0 Å². The molecule has 2 fully saturated rings. The Balaban J connectivity index is 0.000000161. The van der Waals surface area contributed by atoms with Crippen LogP contribution in [0.15, 0.2) is 109 Å². The van der Waals surface area contributed by atoms with Gasteiger partial charge in [0, 0.05) is 0 Å². The number of benzene rings is 4. The summed E-state index contributed by atoms with van der Waals surface area (Å²) in [4.78, 5) is 23.3. The van der Waals surface area contributed by atoms with E-state index in [0.717, 1.165) is 12.8 Å². The molecule has 4 unspecified atom stereocenters. The number of hydrogen-bond donors (Lipinski definition) is 0. The first-order chi connectivity index (χ1) is 19.6. The molecule has 4 heteroatoms. The predicted octanol–water partition coefficient (Wildman–Crippen LogP) is 8.04. The highest BCUT2D eigenvalue weighted by Gasteiger charge is 2.45. The molecule has 4 aromatic rings. The van der Waals surface area contributed by atoms with Crippen molar-refractivity contribution in [3.05, 3.63) is 120 Å². The lowest BCUT2D eigenvalue weighted by atomic mass is 10.0. The lowest BCUT2D eigenvalue weighted by Gasteiger charge is -2.04. The normalized spacial score (nSPS) is 20.4. The number of carbonyl (C=O) groups excluding carboxylic acids is 2. The molecule has 2 aliphatic rings. The molecule has 204 valence electrons. The maximum absolute atomic E-state index is 11.7. The van der Waals surface area contributed by atoms with Crippen LogP contribution in [0.2, 0.25) is 0 Å². The van der Waals surface area contributed by atoms with Crippen molar-refractivity contribution in [1.82, 2.24) is 0 Å². The molecule has 0 aliphatic heterocycles. The Kier molecular flexibility index (Phi) is 8.75. The van der Waals surface area contributed by atoms with E-state index in [-0.39, 0.29) is 23.8 Å². The van der Waals surface area contributed by atoms with Crippen LogP contribution in [0.25, 0.3) is 22.3 Å². The second-order valence-electron chi connectivity index (χ2n) is 10.4. The van der Waals surface area contributed by atoms with E-state index in [9.17, 15) is 9.59 Å². The van der Waals surface area contributed by atoms with E-state index >= 15 is 0 Å². The van der Waals surface area contributed by atoms with E-state index in [1.54, 1.807) is 0 Å². The second-order valence-corrected chi connectivity index (χ2v) is 10.4. The van der Waals surface area contributed by atoms with E-state index in [2.05, 4.69) is 72.8 Å². The highest BCUT2D eigenvalue weighted by molar-refractivity contribution is 5.78. The molecule has 4 aromatic carbocycles. The maximum Gasteiger partial charge on any atom is 0.309 e. The molecule has 2 saturated carbocycles. The van der Waals surface area contributed by atoms with Crippen molar-refractivity contribution in [2.45, 2.75) is 38.5 Å². The minimum absolute atomic E-state index is 0.0513. The molecule has 40 heavy (non-hydrogen) atoms. The van der Waals surface area contributed by atoms with Gasteiger partial charge in [-0.15, -0.1) is 0 Å². The van der Waals surface area contributed by atoms with Crippen molar-refractivity contribution < 1.29 is 19.1 Å². The minimum Gasteiger partial charge on any atom is -0.466 e. The van der Waals surface area contributed by atoms with E-state index in [1.807, 2.05) is 50.2 Å². The number of esters is 2. The lowest BCUT2D eigenvalue weighted by Crippen LogP contribution is -2.07. The number of hydrogen-bond acceptors (Lipinski definition) is 4. The molecule has 4 atom stereocenters. The van der Waals surface area contributed by atoms with Crippen molar-refractivity contribution in [3.8, 4) is 22.3 Å². The van der Waals surface area contributed by atoms with E-state index in [4.69, 9.17) is 9.47 Å². The minimum atomic E-state index is -0.0513. The average Bonchev–Trinajstić information content (AvgIpc) is 3.94. The Morgan fingerprint density at radius 1 is 0.525 bits per heavy atom. The van der Waals surface area contributed by atoms with Gasteiger partial charge in [-0.3, -0.25) is 9.59 Å². The summed E-state index contributed by atoms with van der Waals surface area (Å²) in [5.74, 6) is 0.724. The van der Waals surface area contributed by atoms with Gasteiger partial charge in [0.1, 0.15) is 0 Å². The Hall–Kier alpha value is -4.18. The summed E-state index contributed by atoms with van der Waals surface area (Å²) in [5.41, 5.74) is 7.34. The maximum atomic E-state index is 11.7. The Morgan fingerprint density at radius 2 is 0.850 bits per heavy atom. The van der Waals surface area contributed by atoms with E-state index < -0.39 is 0 Å². The summed E-state index contributed by atoms with van der Waals surface area (Å²) >= 11 is 0. The fraction of sp³-hybridized carbons (Fsp3) is 0.278. The molecule has 4 nitrogen and oxygen atoms in total. The number of rotatable bonds is 8. The fourth-order valence-corrected chi connectivity index (χ4v) is 5.25. The molecule has 0 bridgehead atoms. The summed E-state index contributed by atoms with van der Waals surface area (Å²) in [5, 5.41) is 0. The van der Waals surface area contributed by atoms with Crippen LogP contribution in [0.5, 0.6) is 0 Å². The molecule has 6 rings (SSSR count). The lowest BCUT2D eigenvalue weighted by molar-refractivity contribution is -0.145. The average molecular weight is 533 g/mol. The van der Waals surface area contributed by atoms with Crippen LogP contribution in [0.1, 0.15) is 49.7 Å². The van der Waals surface area contributed by atoms with Gasteiger partial charge in [-0.2, -0.15) is 0 Å². The van der Waals surface area contributed by atoms with Crippen molar-refractivity contribution in [2.24, 2.45) is 11.8 Å². The molecule has 0 heterocycles. The summed E-state index contributed by atoms with van der Waals surface area (Å²) in [6.07, 6.45) is 1.84. The van der Waals surface area contributed by atoms with Crippen molar-refractivity contribution in [2.75, 3.05) is 13.2 Å². The Bertz CT molecular complexity index is 1280. The molecule has 0 aromatic heterocycles. The van der Waals surface area contributed by atoms with Gasteiger partial charge in [0.15, 0.2) is 0 Å². The first-order valence-electron chi connectivity index (χ1n) is 14.2. The fourth-order valence-electron chi connectivity index (χ4n) is 5.25. The van der Waals surface area contributed by atoms with E-state index in [1.165, 1.54) is 33.4 Å². The predicted molar refractivity (Wildman–Crippen MR) is 159 cm³/mol. The molecular formula is C36H36O4. The standard InChI is InChI=1S/2C18H18O2/c2*1-2-20-18(19)17-12-16(17)15-10-8-14(9-11-15)13-6-4-3-5-7-13/h2*3-11,16-17H,2,12H2,1H3. The summed E-state index contributed by atoms with van der Waals surface area (Å²) < 4.78 is 10.1. The first kappa shape index (κ1) is 27.4. The molecule has 2 aliphatic carbocycles. The smallest absolute Gasteiger partial charge is 0.309 e. The Morgan fingerprint density at radius 3 is 1.18 bits per heavy atom. The van der Waals surface area contributed by atoms with Crippen LogP contribution in [0.4, 0.5) is 0 Å². The van der Waals surface area contributed by atoms with Gasteiger partial charge >= 0.3 is 11.9 Å². The molecule has 0 amide bonds. The second kappa shape index (κ2) is 12.8. The summed E-state index contributed by atoms with van der Waals surface area (Å²) in [6.45, 7) is 4.64. The van der Waals surface area contributed by atoms with Crippen LogP contribution in [-0.2, 0) is 19.1 Å². The van der Waals surface area contributed by atoms with Crippen molar-refractivity contribution >= 4 is 11.9 Å². The van der Waals surface area contributed by atoms with Gasteiger partial charge in [0.2, 0.25) is 0 Å². The summed E-state index contributed by atoms with van der Waals surface area (Å²) in [7, 11) is 0. The topological polar surface area (TPSA) is 52.6 Å². The van der Waals surface area contributed by atoms with Gasteiger partial charge in [-0.1, -0.05) is 109 Å². The van der Waals surface area contributed by atoms with Gasteiger partial charge in [0.05, 0.1) is 25.0 Å². The van der Waals surface area contributed by atoms with Crippen LogP contribution < -0.4 is 0 Å². The monoisotopic (exact) mass is 532 g/mol. The zero-order chi connectivity index (χ0) is 27.9. The summed E-state index contributed by atoms with van der Waals surface area (Å²) in [6, 6.07) is 37.7. The van der Waals surface area contributed by atoms with Crippen molar-refractivity contribution in [1.29, 1.82) is 0 Å². The van der Waals surface area contributed by atoms with Crippen LogP contribution in [0.3, 0.4) is 0 Å². The number of carbonyl (C=O) groups is 2. The highest BCUT2D eigenvalue weighted by atomic mass is 16.5. The quantitative estimate of drug-likeness (QED) is 0.216. The first-order valence-corrected chi connectivity index (χ1v) is 14.2. The molecular weight excluding hydrogens is 496 g/mol. The molecule has 0 N–H and O–H groups in total. The van der Waals surface area contributed by atoms with Crippen molar-refractivity contribution in [3.63, 3.8) is 0 Å². The largest absolute Gasteiger partial charge is 0.466 e.